The minimum absolute atomic E-state index is 0.0487. The Morgan fingerprint density at radius 3 is 2.43 bits per heavy atom. The number of hydrogen-bond acceptors (Lipinski definition) is 7. The van der Waals surface area contributed by atoms with E-state index in [9.17, 15) is 30.1 Å². The van der Waals surface area contributed by atoms with E-state index in [-0.39, 0.29) is 27.0 Å². The largest absolute Gasteiger partial charge is 0.506 e. The Morgan fingerprint density at radius 2 is 1.86 bits per heavy atom. The smallest absolute Gasteiger partial charge is 0.324 e. The number of rotatable bonds is 4. The summed E-state index contributed by atoms with van der Waals surface area (Å²) in [4.78, 5) is 31.8. The van der Waals surface area contributed by atoms with Crippen molar-refractivity contribution in [1.29, 1.82) is 0 Å². The molecule has 0 fully saturated rings. The van der Waals surface area contributed by atoms with E-state index in [1.165, 1.54) is 12.1 Å². The van der Waals surface area contributed by atoms with E-state index in [0.717, 1.165) is 18.2 Å². The van der Waals surface area contributed by atoms with Crippen LogP contribution in [0.3, 0.4) is 0 Å². The van der Waals surface area contributed by atoms with E-state index in [1.807, 2.05) is 0 Å². The van der Waals surface area contributed by atoms with Crippen LogP contribution in [-0.2, 0) is 0 Å². The number of anilines is 1. The van der Waals surface area contributed by atoms with Gasteiger partial charge in [0.15, 0.2) is 0 Å². The first-order chi connectivity index (χ1) is 9.88. The molecule has 0 aliphatic carbocycles. The fourth-order valence-corrected chi connectivity index (χ4v) is 2.19. The second kappa shape index (κ2) is 5.54. The number of non-ortho nitro benzene ring substituents is 1. The Hall–Kier alpha value is -3.01. The van der Waals surface area contributed by atoms with Crippen molar-refractivity contribution in [2.45, 2.75) is 0 Å². The van der Waals surface area contributed by atoms with Gasteiger partial charge in [-0.1, -0.05) is 11.3 Å². The number of aromatic hydroxyl groups is 1. The molecule has 0 saturated heterocycles. The Morgan fingerprint density at radius 1 is 1.14 bits per heavy atom. The first kappa shape index (κ1) is 14.4. The zero-order chi connectivity index (χ0) is 15.6. The van der Waals surface area contributed by atoms with E-state index < -0.39 is 15.8 Å². The van der Waals surface area contributed by atoms with Crippen molar-refractivity contribution >= 4 is 33.6 Å². The van der Waals surface area contributed by atoms with Crippen molar-refractivity contribution in [1.82, 2.24) is 0 Å². The number of nitrogens with zero attached hydrogens (tertiary/aromatic N) is 2. The molecule has 0 atom stereocenters. The highest BCUT2D eigenvalue weighted by Crippen LogP contribution is 2.30. The number of nitro benzene ring substituents is 1. The molecule has 1 heterocycles. The minimum Gasteiger partial charge on any atom is -0.506 e. The average Bonchev–Trinajstić information content (AvgIpc) is 2.90. The number of nitro groups is 2. The summed E-state index contributed by atoms with van der Waals surface area (Å²) in [7, 11) is 0. The maximum absolute atomic E-state index is 11.9. The van der Waals surface area contributed by atoms with Gasteiger partial charge in [-0.3, -0.25) is 25.0 Å². The standard InChI is InChI=1S/C11H7N3O6S/c15-8-2-1-6(13(17)18)5-7(8)12-11(16)9-3-4-10(21-9)14(19)20/h1-5,15H,(H,12,16). The van der Waals surface area contributed by atoms with Crippen LogP contribution in [0, 0.1) is 20.2 Å². The van der Waals surface area contributed by atoms with Gasteiger partial charge in [0.1, 0.15) is 5.75 Å². The Labute approximate surface area is 120 Å². The van der Waals surface area contributed by atoms with Crippen LogP contribution >= 0.6 is 11.3 Å². The van der Waals surface area contributed by atoms with Crippen LogP contribution in [0.5, 0.6) is 5.75 Å². The highest BCUT2D eigenvalue weighted by Gasteiger charge is 2.18. The number of carbonyl (C=O) groups excluding carboxylic acids is 1. The van der Waals surface area contributed by atoms with Gasteiger partial charge in [-0.2, -0.15) is 0 Å². The van der Waals surface area contributed by atoms with Gasteiger partial charge in [-0.05, 0) is 12.1 Å². The van der Waals surface area contributed by atoms with Crippen LogP contribution in [0.4, 0.5) is 16.4 Å². The molecule has 1 aromatic heterocycles. The molecule has 0 unspecified atom stereocenters. The minimum atomic E-state index is -0.705. The van der Waals surface area contributed by atoms with Crippen molar-refractivity contribution in [2.24, 2.45) is 0 Å². The fourth-order valence-electron chi connectivity index (χ4n) is 1.47. The van der Waals surface area contributed by atoms with Crippen LogP contribution in [-0.4, -0.2) is 20.9 Å². The van der Waals surface area contributed by atoms with Crippen molar-refractivity contribution in [3.05, 3.63) is 55.4 Å². The quantitative estimate of drug-likeness (QED) is 0.506. The summed E-state index contributed by atoms with van der Waals surface area (Å²) >= 11 is 0.658. The molecule has 0 saturated carbocycles. The highest BCUT2D eigenvalue weighted by molar-refractivity contribution is 7.17. The Bertz CT molecular complexity index is 741. The fraction of sp³-hybridized carbons (Fsp3) is 0. The molecular formula is C11H7N3O6S. The summed E-state index contributed by atoms with van der Waals surface area (Å²) in [6.07, 6.45) is 0. The monoisotopic (exact) mass is 309 g/mol. The first-order valence-electron chi connectivity index (χ1n) is 5.41. The number of thiophene rings is 1. The highest BCUT2D eigenvalue weighted by atomic mass is 32.1. The van der Waals surface area contributed by atoms with E-state index in [0.29, 0.717) is 11.3 Å². The number of amides is 1. The van der Waals surface area contributed by atoms with Crippen LogP contribution in [0.15, 0.2) is 30.3 Å². The number of phenolic OH excluding ortho intramolecular Hbond substituents is 1. The zero-order valence-corrected chi connectivity index (χ0v) is 11.0. The summed E-state index contributed by atoms with van der Waals surface area (Å²) < 4.78 is 0. The van der Waals surface area contributed by atoms with Crippen molar-refractivity contribution in [2.75, 3.05) is 5.32 Å². The third kappa shape index (κ3) is 3.12. The van der Waals surface area contributed by atoms with E-state index in [2.05, 4.69) is 5.32 Å². The van der Waals surface area contributed by atoms with E-state index >= 15 is 0 Å². The SMILES string of the molecule is O=C(Nc1cc([N+](=O)[O-])ccc1O)c1ccc([N+](=O)[O-])s1. The van der Waals surface area contributed by atoms with Gasteiger partial charge >= 0.3 is 5.00 Å². The second-order valence-electron chi connectivity index (χ2n) is 3.81. The summed E-state index contributed by atoms with van der Waals surface area (Å²) in [5.74, 6) is -1.05. The van der Waals surface area contributed by atoms with Gasteiger partial charge in [0, 0.05) is 18.2 Å². The third-order valence-electron chi connectivity index (χ3n) is 2.43. The lowest BCUT2D eigenvalue weighted by Crippen LogP contribution is -2.10. The molecular weight excluding hydrogens is 302 g/mol. The molecule has 2 aromatic rings. The number of nitrogens with one attached hydrogen (secondary N) is 1. The molecule has 1 aromatic carbocycles. The van der Waals surface area contributed by atoms with E-state index in [4.69, 9.17) is 0 Å². The third-order valence-corrected chi connectivity index (χ3v) is 3.47. The maximum Gasteiger partial charge on any atom is 0.324 e. The van der Waals surface area contributed by atoms with Gasteiger partial charge in [-0.15, -0.1) is 0 Å². The predicted octanol–water partition coefficient (Wildman–Crippen LogP) is 2.52. The van der Waals surface area contributed by atoms with Crippen molar-refractivity contribution in [3.63, 3.8) is 0 Å². The molecule has 0 bridgehead atoms. The lowest BCUT2D eigenvalue weighted by molar-refractivity contribution is -0.384. The Kier molecular flexibility index (Phi) is 3.80. The van der Waals surface area contributed by atoms with Gasteiger partial charge in [0.05, 0.1) is 20.4 Å². The average molecular weight is 309 g/mol. The molecule has 9 nitrogen and oxygen atoms in total. The molecule has 21 heavy (non-hydrogen) atoms. The van der Waals surface area contributed by atoms with Crippen LogP contribution in [0.2, 0.25) is 0 Å². The van der Waals surface area contributed by atoms with Crippen LogP contribution in [0.1, 0.15) is 9.67 Å². The Balaban J connectivity index is 2.24. The van der Waals surface area contributed by atoms with Gasteiger partial charge < -0.3 is 10.4 Å². The first-order valence-corrected chi connectivity index (χ1v) is 6.23. The molecule has 108 valence electrons. The van der Waals surface area contributed by atoms with Gasteiger partial charge in [-0.25, -0.2) is 0 Å². The number of phenols is 1. The lowest BCUT2D eigenvalue weighted by atomic mass is 10.2. The molecule has 10 heteroatoms. The second-order valence-corrected chi connectivity index (χ2v) is 4.87. The molecule has 0 aliphatic rings. The summed E-state index contributed by atoms with van der Waals surface area (Å²) in [5, 5.41) is 32.8. The maximum atomic E-state index is 11.9. The number of benzene rings is 1. The van der Waals surface area contributed by atoms with E-state index in [1.54, 1.807) is 0 Å². The van der Waals surface area contributed by atoms with Crippen molar-refractivity contribution < 1.29 is 19.7 Å². The molecule has 1 amide bonds. The van der Waals surface area contributed by atoms with Gasteiger partial charge in [0.2, 0.25) is 0 Å². The molecule has 2 N–H and O–H groups in total. The topological polar surface area (TPSA) is 136 Å². The number of carbonyl (C=O) groups is 1. The zero-order valence-electron chi connectivity index (χ0n) is 10.2. The summed E-state index contributed by atoms with van der Waals surface area (Å²) in [6.45, 7) is 0. The lowest BCUT2D eigenvalue weighted by Gasteiger charge is -2.05. The normalized spacial score (nSPS) is 10.1. The predicted molar refractivity (Wildman–Crippen MR) is 73.7 cm³/mol. The number of hydrogen-bond donors (Lipinski definition) is 2. The van der Waals surface area contributed by atoms with Crippen LogP contribution < -0.4 is 5.32 Å². The summed E-state index contributed by atoms with van der Waals surface area (Å²) in [5.41, 5.74) is -0.453. The molecule has 0 aliphatic heterocycles. The van der Waals surface area contributed by atoms with Crippen molar-refractivity contribution in [3.8, 4) is 5.75 Å². The van der Waals surface area contributed by atoms with Gasteiger partial charge in [0.25, 0.3) is 11.6 Å². The molecule has 0 radical (unpaired) electrons. The molecule has 0 spiro atoms. The van der Waals surface area contributed by atoms with Crippen LogP contribution in [0.25, 0.3) is 0 Å². The molecule has 2 rings (SSSR count). The summed E-state index contributed by atoms with van der Waals surface area (Å²) in [6, 6.07) is 5.58.